The van der Waals surface area contributed by atoms with Gasteiger partial charge in [-0.15, -0.1) is 0 Å². The first-order chi connectivity index (χ1) is 41.1. The second-order valence-electron chi connectivity index (χ2n) is 21.3. The first kappa shape index (κ1) is 46.4. The molecule has 0 fully saturated rings. The predicted octanol–water partition coefficient (Wildman–Crippen LogP) is 19.2. The summed E-state index contributed by atoms with van der Waals surface area (Å²) in [5.74, 6) is 1.64. The molecule has 12 aromatic carbocycles. The van der Waals surface area contributed by atoms with Gasteiger partial charge in [-0.3, -0.25) is 17.9 Å². The van der Waals surface area contributed by atoms with Crippen LogP contribution in [0, 0.1) is 6.57 Å². The van der Waals surface area contributed by atoms with Crippen molar-refractivity contribution in [1.82, 2.24) is 32.5 Å². The summed E-state index contributed by atoms with van der Waals surface area (Å²) in [6.45, 7) is 9.55. The summed E-state index contributed by atoms with van der Waals surface area (Å²) in [5, 5.41) is 2.23. The highest BCUT2D eigenvalue weighted by Crippen LogP contribution is 2.51. The van der Waals surface area contributed by atoms with Gasteiger partial charge in [0.2, 0.25) is 17.2 Å². The number of aromatic nitrogens is 7. The Balaban J connectivity index is 0.987. The third kappa shape index (κ3) is 7.05. The van der Waals surface area contributed by atoms with Gasteiger partial charge in [-0.05, 0) is 147 Å². The van der Waals surface area contributed by atoms with Crippen LogP contribution < -0.4 is 0 Å². The molecule has 386 valence electrons. The summed E-state index contributed by atoms with van der Waals surface area (Å²) in [6, 6.07) is 98.8. The Morgan fingerprint density at radius 1 is 0.289 bits per heavy atom. The molecule has 0 amide bonds. The summed E-state index contributed by atoms with van der Waals surface area (Å²) in [4.78, 5) is 15.6. The fourth-order valence-electron chi connectivity index (χ4n) is 13.0. The van der Waals surface area contributed by atoms with Gasteiger partial charge in [0.25, 0.3) is 0 Å². The van der Waals surface area contributed by atoms with Crippen molar-refractivity contribution in [2.75, 3.05) is 0 Å². The molecular formula is C75H46N8. The molecular weight excluding hydrogens is 1010 g/mol. The lowest BCUT2D eigenvalue weighted by molar-refractivity contribution is 1.11. The van der Waals surface area contributed by atoms with Gasteiger partial charge in [-0.2, -0.15) is 0 Å². The molecule has 0 saturated carbocycles. The molecule has 0 saturated heterocycles. The van der Waals surface area contributed by atoms with Crippen LogP contribution in [0.5, 0.6) is 0 Å². The van der Waals surface area contributed by atoms with Crippen molar-refractivity contribution in [3.63, 3.8) is 0 Å². The number of para-hydroxylation sites is 4. The van der Waals surface area contributed by atoms with Gasteiger partial charge in [0.05, 0.1) is 67.4 Å². The van der Waals surface area contributed by atoms with Crippen LogP contribution in [0.2, 0.25) is 0 Å². The van der Waals surface area contributed by atoms with E-state index in [0.29, 0.717) is 5.69 Å². The first-order valence-electron chi connectivity index (χ1n) is 27.9. The number of nitrogens with zero attached hydrogens (tertiary/aromatic N) is 8. The van der Waals surface area contributed by atoms with Crippen molar-refractivity contribution in [3.05, 3.63) is 290 Å². The molecule has 0 bridgehead atoms. The molecule has 0 aliphatic heterocycles. The predicted molar refractivity (Wildman–Crippen MR) is 340 cm³/mol. The Labute approximate surface area is 476 Å². The lowest BCUT2D eigenvalue weighted by atomic mass is 9.87. The largest absolute Gasteiger partial charge is 0.318 e. The molecule has 8 nitrogen and oxygen atoms in total. The molecule has 5 aromatic heterocycles. The topological polar surface area (TPSA) is 53.8 Å². The fraction of sp³-hybridized carbons (Fsp3) is 0. The summed E-state index contributed by atoms with van der Waals surface area (Å²) in [7, 11) is 0. The van der Waals surface area contributed by atoms with E-state index in [1.54, 1.807) is 0 Å². The molecule has 0 unspecified atom stereocenters. The fourth-order valence-corrected chi connectivity index (χ4v) is 13.0. The van der Waals surface area contributed by atoms with Crippen molar-refractivity contribution in [2.45, 2.75) is 0 Å². The Kier molecular flexibility index (Phi) is 10.2. The van der Waals surface area contributed by atoms with Crippen molar-refractivity contribution < 1.29 is 0 Å². The second kappa shape index (κ2) is 18.3. The Hall–Kier alpha value is -11.5. The average Bonchev–Trinajstić information content (AvgIpc) is 2.73. The van der Waals surface area contributed by atoms with Gasteiger partial charge >= 0.3 is 0 Å². The monoisotopic (exact) mass is 1060 g/mol. The molecule has 17 aromatic rings. The normalized spacial score (nSPS) is 11.8. The minimum Gasteiger partial charge on any atom is -0.318 e. The molecule has 0 aliphatic rings. The van der Waals surface area contributed by atoms with Crippen molar-refractivity contribution in [3.8, 4) is 72.7 Å². The van der Waals surface area contributed by atoms with Crippen LogP contribution in [0.1, 0.15) is 0 Å². The van der Waals surface area contributed by atoms with Gasteiger partial charge in [0.15, 0.2) is 0 Å². The minimum atomic E-state index is 0.550. The SMILES string of the molecule is [C-]#[N+]c1c(-c2ccccc2)c(-c2ccc3nc4n(-c5ccccc5)c5ccc(-c6ccccc6)cc5n4c3c2)cc(-c2ccc3nc4n(-c5ccccc5)c5ccc(-c6ccccc6)cc5n4c3c2)c1-n1c2ccccc2c2ccccc21. The molecule has 17 rings (SSSR count). The summed E-state index contributed by atoms with van der Waals surface area (Å²) < 4.78 is 11.5. The highest BCUT2D eigenvalue weighted by molar-refractivity contribution is 6.13. The molecule has 8 heteroatoms. The van der Waals surface area contributed by atoms with E-state index in [9.17, 15) is 6.57 Å². The van der Waals surface area contributed by atoms with Crippen LogP contribution >= 0.6 is 0 Å². The van der Waals surface area contributed by atoms with Gasteiger partial charge in [-0.1, -0.05) is 188 Å². The van der Waals surface area contributed by atoms with E-state index >= 15 is 0 Å². The average molecular weight is 1060 g/mol. The van der Waals surface area contributed by atoms with Crippen molar-refractivity contribution in [1.29, 1.82) is 0 Å². The van der Waals surface area contributed by atoms with Crippen molar-refractivity contribution >= 4 is 83.2 Å². The van der Waals surface area contributed by atoms with E-state index in [1.165, 1.54) is 0 Å². The molecule has 0 N–H and O–H groups in total. The Morgan fingerprint density at radius 2 is 0.687 bits per heavy atom. The van der Waals surface area contributed by atoms with Crippen LogP contribution in [0.3, 0.4) is 0 Å². The summed E-state index contributed by atoms with van der Waals surface area (Å²) in [5.41, 5.74) is 23.4. The number of hydrogen-bond acceptors (Lipinski definition) is 2. The third-order valence-electron chi connectivity index (χ3n) is 16.7. The lowest BCUT2D eigenvalue weighted by Gasteiger charge is -2.22. The molecule has 0 atom stereocenters. The zero-order valence-corrected chi connectivity index (χ0v) is 44.6. The number of hydrogen-bond donors (Lipinski definition) is 0. The van der Waals surface area contributed by atoms with Gasteiger partial charge < -0.3 is 4.57 Å². The molecule has 5 heterocycles. The van der Waals surface area contributed by atoms with E-state index in [1.807, 2.05) is 6.07 Å². The number of rotatable bonds is 8. The van der Waals surface area contributed by atoms with E-state index < -0.39 is 0 Å². The maximum atomic E-state index is 9.55. The van der Waals surface area contributed by atoms with E-state index in [4.69, 9.17) is 14.8 Å². The maximum Gasteiger partial charge on any atom is 0.220 e. The van der Waals surface area contributed by atoms with Gasteiger partial charge in [-0.25, -0.2) is 14.8 Å². The van der Waals surface area contributed by atoms with E-state index in [2.05, 4.69) is 295 Å². The van der Waals surface area contributed by atoms with Crippen LogP contribution in [0.4, 0.5) is 5.69 Å². The zero-order chi connectivity index (χ0) is 54.7. The van der Waals surface area contributed by atoms with Crippen LogP contribution in [0.15, 0.2) is 279 Å². The van der Waals surface area contributed by atoms with Crippen LogP contribution in [-0.2, 0) is 0 Å². The number of fused-ring (bicyclic) bond motifs is 13. The summed E-state index contributed by atoms with van der Waals surface area (Å²) in [6.07, 6.45) is 0. The highest BCUT2D eigenvalue weighted by Gasteiger charge is 2.28. The van der Waals surface area contributed by atoms with Gasteiger partial charge in [0.1, 0.15) is 0 Å². The molecule has 83 heavy (non-hydrogen) atoms. The van der Waals surface area contributed by atoms with E-state index in [-0.39, 0.29) is 0 Å². The molecule has 0 aliphatic carbocycles. The summed E-state index contributed by atoms with van der Waals surface area (Å²) >= 11 is 0. The van der Waals surface area contributed by atoms with Crippen LogP contribution in [-0.4, -0.2) is 32.5 Å². The Morgan fingerprint density at radius 3 is 1.16 bits per heavy atom. The maximum absolute atomic E-state index is 9.55. The minimum absolute atomic E-state index is 0.550. The van der Waals surface area contributed by atoms with Crippen LogP contribution in [0.25, 0.3) is 155 Å². The van der Waals surface area contributed by atoms with E-state index in [0.717, 1.165) is 150 Å². The molecule has 0 radical (unpaired) electrons. The third-order valence-corrected chi connectivity index (χ3v) is 16.7. The number of benzene rings is 12. The molecule has 0 spiro atoms. The standard InChI is InChI=1S/C75H46N8/c1-76-72-71(50-25-11-4-12-26-50)59(53-35-39-61-67(45-53)82-69-43-51(48-21-7-2-8-22-48)37-41-65(69)79(74(82)77-61)55-27-13-5-14-28-55)47-60(73(72)81-63-33-19-17-31-57(63)58-32-18-20-34-64(58)81)54-36-40-62-68(46-54)83-70-44-52(49-23-9-3-10-24-49)38-42-66(70)80(75(83)78-62)56-29-15-6-16-30-56/h2-47H. The smallest absolute Gasteiger partial charge is 0.220 e. The Bertz CT molecular complexity index is 5430. The van der Waals surface area contributed by atoms with Crippen molar-refractivity contribution in [2.24, 2.45) is 0 Å². The quantitative estimate of drug-likeness (QED) is 0.142. The number of imidazole rings is 4. The second-order valence-corrected chi connectivity index (χ2v) is 21.3. The first-order valence-corrected chi connectivity index (χ1v) is 27.9. The van der Waals surface area contributed by atoms with Gasteiger partial charge in [0, 0.05) is 22.1 Å². The lowest BCUT2D eigenvalue weighted by Crippen LogP contribution is -2.01. The highest BCUT2D eigenvalue weighted by atomic mass is 15.2. The zero-order valence-electron chi connectivity index (χ0n) is 44.6.